The van der Waals surface area contributed by atoms with Gasteiger partial charge in [0, 0.05) is 0 Å². The van der Waals surface area contributed by atoms with Gasteiger partial charge in [-0.2, -0.15) is 0 Å². The molecular formula is C25H52O. The third-order valence-corrected chi connectivity index (χ3v) is 5.76. The smallest absolute Gasteiger partial charge is 0.0540 e. The van der Waals surface area contributed by atoms with E-state index in [1.165, 1.54) is 122 Å². The zero-order chi connectivity index (χ0) is 19.1. The predicted molar refractivity (Wildman–Crippen MR) is 119 cm³/mol. The van der Waals surface area contributed by atoms with Crippen LogP contribution in [0.15, 0.2) is 0 Å². The van der Waals surface area contributed by atoms with Crippen LogP contribution in [0.4, 0.5) is 0 Å². The first kappa shape index (κ1) is 26.0. The standard InChI is InChI=1S/C25H52O/c1-3-5-6-7-8-9-10-11-12-13-14-15-16-17-18-19-20-21-22-24-25(26)23-4-2/h25-26H,3-24H2,1-2H3. The molecule has 0 radical (unpaired) electrons. The van der Waals surface area contributed by atoms with E-state index < -0.39 is 0 Å². The molecule has 1 atom stereocenters. The maximum atomic E-state index is 9.69. The van der Waals surface area contributed by atoms with Gasteiger partial charge in [0.2, 0.25) is 0 Å². The van der Waals surface area contributed by atoms with Gasteiger partial charge in [-0.25, -0.2) is 0 Å². The second kappa shape index (κ2) is 23.0. The van der Waals surface area contributed by atoms with E-state index in [0.717, 1.165) is 19.3 Å². The summed E-state index contributed by atoms with van der Waals surface area (Å²) in [5.41, 5.74) is 0. The van der Waals surface area contributed by atoms with E-state index in [1.54, 1.807) is 0 Å². The molecule has 1 nitrogen and oxygen atoms in total. The van der Waals surface area contributed by atoms with Crippen LogP contribution in [0, 0.1) is 0 Å². The summed E-state index contributed by atoms with van der Waals surface area (Å²) in [4.78, 5) is 0. The molecule has 0 aliphatic carbocycles. The number of aliphatic hydroxyl groups is 1. The summed E-state index contributed by atoms with van der Waals surface area (Å²) < 4.78 is 0. The molecule has 0 aliphatic rings. The highest BCUT2D eigenvalue weighted by molar-refractivity contribution is 4.55. The van der Waals surface area contributed by atoms with Gasteiger partial charge >= 0.3 is 0 Å². The fourth-order valence-electron chi connectivity index (χ4n) is 3.94. The lowest BCUT2D eigenvalue weighted by atomic mass is 10.0. The molecule has 0 aromatic heterocycles. The highest BCUT2D eigenvalue weighted by atomic mass is 16.3. The first-order valence-electron chi connectivity index (χ1n) is 12.5. The van der Waals surface area contributed by atoms with Crippen molar-refractivity contribution < 1.29 is 5.11 Å². The van der Waals surface area contributed by atoms with Crippen molar-refractivity contribution in [3.05, 3.63) is 0 Å². The van der Waals surface area contributed by atoms with Gasteiger partial charge in [0.05, 0.1) is 6.10 Å². The Morgan fingerprint density at radius 3 is 1.00 bits per heavy atom. The zero-order valence-corrected chi connectivity index (χ0v) is 18.6. The third-order valence-electron chi connectivity index (χ3n) is 5.76. The maximum Gasteiger partial charge on any atom is 0.0540 e. The quantitative estimate of drug-likeness (QED) is 0.189. The molecule has 0 aliphatic heterocycles. The molecule has 1 N–H and O–H groups in total. The van der Waals surface area contributed by atoms with Gasteiger partial charge in [-0.15, -0.1) is 0 Å². The van der Waals surface area contributed by atoms with Crippen LogP contribution in [-0.4, -0.2) is 11.2 Å². The van der Waals surface area contributed by atoms with Gasteiger partial charge in [0.15, 0.2) is 0 Å². The molecule has 0 fully saturated rings. The van der Waals surface area contributed by atoms with E-state index in [2.05, 4.69) is 13.8 Å². The second-order valence-electron chi connectivity index (χ2n) is 8.60. The van der Waals surface area contributed by atoms with Crippen LogP contribution in [0.25, 0.3) is 0 Å². The van der Waals surface area contributed by atoms with Crippen LogP contribution in [-0.2, 0) is 0 Å². The van der Waals surface area contributed by atoms with Crippen LogP contribution >= 0.6 is 0 Å². The number of unbranched alkanes of at least 4 members (excludes halogenated alkanes) is 18. The van der Waals surface area contributed by atoms with E-state index in [0.29, 0.717) is 0 Å². The summed E-state index contributed by atoms with van der Waals surface area (Å²) in [6, 6.07) is 0. The molecule has 1 unspecified atom stereocenters. The van der Waals surface area contributed by atoms with Gasteiger partial charge in [-0.1, -0.05) is 142 Å². The minimum atomic E-state index is -0.0363. The van der Waals surface area contributed by atoms with Crippen molar-refractivity contribution in [1.82, 2.24) is 0 Å². The van der Waals surface area contributed by atoms with Crippen molar-refractivity contribution >= 4 is 0 Å². The average molecular weight is 369 g/mol. The fraction of sp³-hybridized carbons (Fsp3) is 1.00. The molecule has 0 saturated carbocycles. The van der Waals surface area contributed by atoms with Crippen molar-refractivity contribution in [2.75, 3.05) is 0 Å². The Kier molecular flexibility index (Phi) is 23.0. The Hall–Kier alpha value is -0.0400. The van der Waals surface area contributed by atoms with Crippen LogP contribution in [0.3, 0.4) is 0 Å². The van der Waals surface area contributed by atoms with E-state index in [4.69, 9.17) is 0 Å². The van der Waals surface area contributed by atoms with Crippen molar-refractivity contribution in [2.45, 2.75) is 161 Å². The van der Waals surface area contributed by atoms with E-state index in [-0.39, 0.29) is 6.10 Å². The highest BCUT2D eigenvalue weighted by Crippen LogP contribution is 2.15. The molecule has 0 amide bonds. The minimum Gasteiger partial charge on any atom is -0.393 e. The Labute approximate surface area is 166 Å². The third kappa shape index (κ3) is 22.0. The van der Waals surface area contributed by atoms with Crippen molar-refractivity contribution in [3.8, 4) is 0 Å². The van der Waals surface area contributed by atoms with Crippen LogP contribution in [0.5, 0.6) is 0 Å². The Morgan fingerprint density at radius 2 is 0.692 bits per heavy atom. The van der Waals surface area contributed by atoms with E-state index in [9.17, 15) is 5.11 Å². The summed E-state index contributed by atoms with van der Waals surface area (Å²) in [6.07, 6.45) is 30.2. The summed E-state index contributed by atoms with van der Waals surface area (Å²) in [6.45, 7) is 4.45. The second-order valence-corrected chi connectivity index (χ2v) is 8.60. The summed E-state index contributed by atoms with van der Waals surface area (Å²) in [5.74, 6) is 0. The molecule has 0 heterocycles. The lowest BCUT2D eigenvalue weighted by molar-refractivity contribution is 0.150. The predicted octanol–water partition coefficient (Wildman–Crippen LogP) is 8.97. The Morgan fingerprint density at radius 1 is 0.385 bits per heavy atom. The minimum absolute atomic E-state index is 0.0363. The monoisotopic (exact) mass is 368 g/mol. The van der Waals surface area contributed by atoms with E-state index in [1.807, 2.05) is 0 Å². The molecular weight excluding hydrogens is 316 g/mol. The summed E-state index contributed by atoms with van der Waals surface area (Å²) in [5, 5.41) is 9.69. The first-order chi connectivity index (χ1) is 12.8. The summed E-state index contributed by atoms with van der Waals surface area (Å²) in [7, 11) is 0. The van der Waals surface area contributed by atoms with Crippen molar-refractivity contribution in [3.63, 3.8) is 0 Å². The fourth-order valence-corrected chi connectivity index (χ4v) is 3.94. The van der Waals surface area contributed by atoms with Gasteiger partial charge < -0.3 is 5.11 Å². The number of aliphatic hydroxyl groups excluding tert-OH is 1. The SMILES string of the molecule is CCCCCCCCCCCCCCCCCCCCCC(O)CCC. The average Bonchev–Trinajstić information content (AvgIpc) is 2.64. The normalized spacial score (nSPS) is 12.6. The number of rotatable bonds is 22. The van der Waals surface area contributed by atoms with Gasteiger partial charge in [-0.3, -0.25) is 0 Å². The highest BCUT2D eigenvalue weighted by Gasteiger charge is 2.01. The largest absolute Gasteiger partial charge is 0.393 e. The lowest BCUT2D eigenvalue weighted by Crippen LogP contribution is -2.04. The van der Waals surface area contributed by atoms with Crippen molar-refractivity contribution in [2.24, 2.45) is 0 Å². The van der Waals surface area contributed by atoms with Gasteiger partial charge in [0.25, 0.3) is 0 Å². The van der Waals surface area contributed by atoms with Gasteiger partial charge in [0.1, 0.15) is 0 Å². The van der Waals surface area contributed by atoms with Gasteiger partial charge in [-0.05, 0) is 12.8 Å². The first-order valence-corrected chi connectivity index (χ1v) is 12.5. The lowest BCUT2D eigenvalue weighted by Gasteiger charge is -2.08. The molecule has 158 valence electrons. The number of hydrogen-bond donors (Lipinski definition) is 1. The maximum absolute atomic E-state index is 9.69. The van der Waals surface area contributed by atoms with Crippen LogP contribution in [0.2, 0.25) is 0 Å². The number of hydrogen-bond acceptors (Lipinski definition) is 1. The van der Waals surface area contributed by atoms with E-state index >= 15 is 0 Å². The molecule has 0 rings (SSSR count). The molecule has 26 heavy (non-hydrogen) atoms. The topological polar surface area (TPSA) is 20.2 Å². The Balaban J connectivity index is 3.01. The van der Waals surface area contributed by atoms with Crippen LogP contribution < -0.4 is 0 Å². The zero-order valence-electron chi connectivity index (χ0n) is 18.6. The van der Waals surface area contributed by atoms with Crippen molar-refractivity contribution in [1.29, 1.82) is 0 Å². The molecule has 0 saturated heterocycles. The summed E-state index contributed by atoms with van der Waals surface area (Å²) >= 11 is 0. The molecule has 0 aromatic carbocycles. The molecule has 0 spiro atoms. The molecule has 1 heteroatoms. The molecule has 0 bridgehead atoms. The Bertz CT molecular complexity index is 238. The van der Waals surface area contributed by atoms with Crippen LogP contribution in [0.1, 0.15) is 155 Å². The molecule has 0 aromatic rings.